The predicted molar refractivity (Wildman–Crippen MR) is 65.6 cm³/mol. The van der Waals surface area contributed by atoms with E-state index in [9.17, 15) is 4.79 Å². The van der Waals surface area contributed by atoms with Gasteiger partial charge in [0.2, 0.25) is 0 Å². The summed E-state index contributed by atoms with van der Waals surface area (Å²) in [7, 11) is 0. The van der Waals surface area contributed by atoms with Crippen molar-refractivity contribution >= 4 is 11.5 Å². The number of hydrogen-bond donors (Lipinski definition) is 3. The second-order valence-corrected chi connectivity index (χ2v) is 3.61. The maximum Gasteiger partial charge on any atom is 0.276 e. The highest BCUT2D eigenvalue weighted by molar-refractivity contribution is 5.58. The second-order valence-electron chi connectivity index (χ2n) is 3.61. The first-order valence-corrected chi connectivity index (χ1v) is 5.16. The van der Waals surface area contributed by atoms with Crippen LogP contribution in [-0.2, 0) is 6.54 Å². The largest absolute Gasteiger partial charge is 0.391 e. The van der Waals surface area contributed by atoms with Crippen LogP contribution < -0.4 is 16.6 Å². The number of nitrogens with two attached hydrogens (primary N) is 1. The molecule has 0 fully saturated rings. The van der Waals surface area contributed by atoms with Crippen LogP contribution in [-0.4, -0.2) is 15.0 Å². The van der Waals surface area contributed by atoms with Crippen LogP contribution in [0.3, 0.4) is 0 Å². The number of hydrogen-bond acceptors (Lipinski definition) is 5. The molecule has 0 saturated heterocycles. The molecular weight excluding hydrogens is 218 g/mol. The van der Waals surface area contributed by atoms with Crippen molar-refractivity contribution in [2.75, 3.05) is 11.1 Å². The molecule has 0 aromatic carbocycles. The monoisotopic (exact) mass is 231 g/mol. The summed E-state index contributed by atoms with van der Waals surface area (Å²) in [5.41, 5.74) is 7.30. The predicted octanol–water partition coefficient (Wildman–Crippen LogP) is 0.668. The summed E-state index contributed by atoms with van der Waals surface area (Å²) in [6.07, 6.45) is 3.03. The molecule has 88 valence electrons. The quantitative estimate of drug-likeness (QED) is 0.721. The molecule has 2 aromatic heterocycles. The molecule has 0 atom stereocenters. The standard InChI is InChI=1S/C11H13N5O/c1-7-3-2-4-13-8(7)5-14-10-9(12)11(17)16-6-15-10/h2-4,6H,5,12H2,1H3,(H2,14,15,16,17). The second kappa shape index (κ2) is 4.65. The molecule has 0 amide bonds. The highest BCUT2D eigenvalue weighted by Gasteiger charge is 2.05. The molecule has 6 heteroatoms. The molecule has 0 aliphatic heterocycles. The first-order valence-electron chi connectivity index (χ1n) is 5.16. The Morgan fingerprint density at radius 3 is 3.06 bits per heavy atom. The fraction of sp³-hybridized carbons (Fsp3) is 0.182. The minimum Gasteiger partial charge on any atom is -0.391 e. The highest BCUT2D eigenvalue weighted by atomic mass is 16.1. The van der Waals surface area contributed by atoms with Gasteiger partial charge in [-0.05, 0) is 18.6 Å². The summed E-state index contributed by atoms with van der Waals surface area (Å²) in [6.45, 7) is 2.45. The maximum atomic E-state index is 11.2. The molecule has 4 N–H and O–H groups in total. The minimum atomic E-state index is -0.347. The summed E-state index contributed by atoms with van der Waals surface area (Å²) < 4.78 is 0. The first-order chi connectivity index (χ1) is 8.18. The number of nitrogens with one attached hydrogen (secondary N) is 2. The molecule has 0 saturated carbocycles. The third-order valence-corrected chi connectivity index (χ3v) is 2.43. The Labute approximate surface area is 97.9 Å². The smallest absolute Gasteiger partial charge is 0.276 e. The Hall–Kier alpha value is -2.37. The van der Waals surface area contributed by atoms with E-state index in [-0.39, 0.29) is 11.2 Å². The van der Waals surface area contributed by atoms with E-state index in [1.807, 2.05) is 19.1 Å². The molecule has 0 spiro atoms. The topological polar surface area (TPSA) is 96.7 Å². The van der Waals surface area contributed by atoms with Gasteiger partial charge in [-0.15, -0.1) is 0 Å². The van der Waals surface area contributed by atoms with Crippen molar-refractivity contribution in [3.8, 4) is 0 Å². The van der Waals surface area contributed by atoms with Crippen LogP contribution in [0.5, 0.6) is 0 Å². The van der Waals surface area contributed by atoms with E-state index in [2.05, 4.69) is 20.3 Å². The summed E-state index contributed by atoms with van der Waals surface area (Å²) in [6, 6.07) is 3.84. The number of nitrogen functional groups attached to an aromatic ring is 1. The lowest BCUT2D eigenvalue weighted by Crippen LogP contribution is -2.16. The normalized spacial score (nSPS) is 10.2. The van der Waals surface area contributed by atoms with E-state index in [0.29, 0.717) is 12.4 Å². The van der Waals surface area contributed by atoms with Gasteiger partial charge in [0.15, 0.2) is 5.82 Å². The average Bonchev–Trinajstić information content (AvgIpc) is 2.33. The molecule has 2 heterocycles. The third kappa shape index (κ3) is 2.41. The lowest BCUT2D eigenvalue weighted by atomic mass is 10.2. The highest BCUT2D eigenvalue weighted by Crippen LogP contribution is 2.10. The van der Waals surface area contributed by atoms with Gasteiger partial charge < -0.3 is 16.0 Å². The molecule has 2 rings (SSSR count). The number of aromatic amines is 1. The molecule has 0 aliphatic carbocycles. The van der Waals surface area contributed by atoms with Gasteiger partial charge in [0.25, 0.3) is 5.56 Å². The molecular formula is C11H13N5O. The molecule has 17 heavy (non-hydrogen) atoms. The van der Waals surface area contributed by atoms with Gasteiger partial charge >= 0.3 is 0 Å². The number of pyridine rings is 1. The van der Waals surface area contributed by atoms with Crippen molar-refractivity contribution in [2.24, 2.45) is 0 Å². The molecule has 6 nitrogen and oxygen atoms in total. The van der Waals surface area contributed by atoms with Crippen molar-refractivity contribution in [1.29, 1.82) is 0 Å². The van der Waals surface area contributed by atoms with E-state index in [1.165, 1.54) is 6.33 Å². The van der Waals surface area contributed by atoms with E-state index in [0.717, 1.165) is 11.3 Å². The average molecular weight is 231 g/mol. The Morgan fingerprint density at radius 1 is 1.47 bits per heavy atom. The van der Waals surface area contributed by atoms with Crippen molar-refractivity contribution in [3.63, 3.8) is 0 Å². The fourth-order valence-electron chi connectivity index (χ4n) is 1.42. The van der Waals surface area contributed by atoms with Crippen molar-refractivity contribution in [1.82, 2.24) is 15.0 Å². The molecule has 0 aliphatic rings. The van der Waals surface area contributed by atoms with Crippen LogP contribution in [0, 0.1) is 6.92 Å². The number of nitrogens with zero attached hydrogens (tertiary/aromatic N) is 2. The van der Waals surface area contributed by atoms with Crippen LogP contribution in [0.2, 0.25) is 0 Å². The molecule has 0 unspecified atom stereocenters. The van der Waals surface area contributed by atoms with Gasteiger partial charge in [0, 0.05) is 6.20 Å². The summed E-state index contributed by atoms with van der Waals surface area (Å²) in [5.74, 6) is 0.374. The maximum absolute atomic E-state index is 11.2. The van der Waals surface area contributed by atoms with Crippen molar-refractivity contribution in [2.45, 2.75) is 13.5 Å². The van der Waals surface area contributed by atoms with Crippen molar-refractivity contribution < 1.29 is 0 Å². The van der Waals surface area contributed by atoms with Crippen molar-refractivity contribution in [3.05, 3.63) is 46.3 Å². The number of anilines is 2. The Kier molecular flexibility index (Phi) is 3.04. The van der Waals surface area contributed by atoms with Gasteiger partial charge in [-0.25, -0.2) is 4.98 Å². The Bertz CT molecular complexity index is 578. The SMILES string of the molecule is Cc1cccnc1CNc1nc[nH]c(=O)c1N. The van der Waals surface area contributed by atoms with Gasteiger partial charge in [-0.2, -0.15) is 0 Å². The van der Waals surface area contributed by atoms with Crippen LogP contribution >= 0.6 is 0 Å². The van der Waals surface area contributed by atoms with Crippen LogP contribution in [0.25, 0.3) is 0 Å². The van der Waals surface area contributed by atoms with Gasteiger partial charge in [0.1, 0.15) is 5.69 Å². The Morgan fingerprint density at radius 2 is 2.29 bits per heavy atom. The van der Waals surface area contributed by atoms with E-state index in [1.54, 1.807) is 6.20 Å². The van der Waals surface area contributed by atoms with Gasteiger partial charge in [-0.1, -0.05) is 6.07 Å². The zero-order chi connectivity index (χ0) is 12.3. The zero-order valence-corrected chi connectivity index (χ0v) is 9.40. The summed E-state index contributed by atoms with van der Waals surface area (Å²) in [5, 5.41) is 2.99. The van der Waals surface area contributed by atoms with E-state index in [4.69, 9.17) is 5.73 Å². The lowest BCUT2D eigenvalue weighted by Gasteiger charge is -2.08. The van der Waals surface area contributed by atoms with Crippen LogP contribution in [0.1, 0.15) is 11.3 Å². The summed E-state index contributed by atoms with van der Waals surface area (Å²) >= 11 is 0. The minimum absolute atomic E-state index is 0.0843. The third-order valence-electron chi connectivity index (χ3n) is 2.43. The van der Waals surface area contributed by atoms with Crippen LogP contribution in [0.15, 0.2) is 29.5 Å². The molecule has 2 aromatic rings. The van der Waals surface area contributed by atoms with Gasteiger partial charge in [0.05, 0.1) is 18.6 Å². The summed E-state index contributed by atoms with van der Waals surface area (Å²) in [4.78, 5) is 21.8. The first kappa shape index (κ1) is 11.1. The van der Waals surface area contributed by atoms with E-state index >= 15 is 0 Å². The fourth-order valence-corrected chi connectivity index (χ4v) is 1.42. The van der Waals surface area contributed by atoms with Crippen LogP contribution in [0.4, 0.5) is 11.5 Å². The zero-order valence-electron chi connectivity index (χ0n) is 9.40. The lowest BCUT2D eigenvalue weighted by molar-refractivity contribution is 0.996. The van der Waals surface area contributed by atoms with Gasteiger partial charge in [-0.3, -0.25) is 9.78 Å². The van der Waals surface area contributed by atoms with E-state index < -0.39 is 0 Å². The Balaban J connectivity index is 2.16. The molecule has 0 radical (unpaired) electrons. The number of aryl methyl sites for hydroxylation is 1. The number of H-pyrrole nitrogens is 1. The number of rotatable bonds is 3. The number of aromatic nitrogens is 3. The molecule has 0 bridgehead atoms.